The van der Waals surface area contributed by atoms with E-state index in [0.717, 1.165) is 5.56 Å². The average Bonchev–Trinajstić information content (AvgIpc) is 2.75. The second-order valence-corrected chi connectivity index (χ2v) is 6.00. The second-order valence-electron chi connectivity index (χ2n) is 6.00. The monoisotopic (exact) mass is 387 g/mol. The molecule has 0 spiro atoms. The van der Waals surface area contributed by atoms with Crippen LogP contribution in [0.15, 0.2) is 90.0 Å². The van der Waals surface area contributed by atoms with Gasteiger partial charge >= 0.3 is 0 Å². The Bertz CT molecular complexity index is 1070. The zero-order valence-corrected chi connectivity index (χ0v) is 15.2. The highest BCUT2D eigenvalue weighted by Crippen LogP contribution is 2.19. The highest BCUT2D eigenvalue weighted by Gasteiger charge is 2.10. The topological polar surface area (TPSA) is 105 Å². The normalized spacial score (nSPS) is 11.4. The van der Waals surface area contributed by atoms with Gasteiger partial charge in [-0.25, -0.2) is 5.43 Å². The first-order valence-corrected chi connectivity index (χ1v) is 8.68. The molecule has 0 atom stereocenters. The maximum absolute atomic E-state index is 12.3. The largest absolute Gasteiger partial charge is 0.508 e. The number of hydrogen-bond acceptors (Lipinski definition) is 5. The molecule has 0 radical (unpaired) electrons. The molecule has 0 fully saturated rings. The van der Waals surface area contributed by atoms with Crippen molar-refractivity contribution in [1.82, 2.24) is 5.43 Å². The summed E-state index contributed by atoms with van der Waals surface area (Å²) in [4.78, 5) is 23.0. The molecule has 2 N–H and O–H groups in total. The number of nitro groups is 1. The first kappa shape index (κ1) is 19.5. The zero-order valence-electron chi connectivity index (χ0n) is 15.2. The predicted molar refractivity (Wildman–Crippen MR) is 111 cm³/mol. The van der Waals surface area contributed by atoms with Gasteiger partial charge in [0.15, 0.2) is 0 Å². The van der Waals surface area contributed by atoms with Crippen molar-refractivity contribution in [3.63, 3.8) is 0 Å². The Morgan fingerprint density at radius 1 is 0.931 bits per heavy atom. The number of allylic oxidation sites excluding steroid dienone is 1. The number of carbonyl (C=O) groups is 1. The Hall–Kier alpha value is -4.26. The Morgan fingerprint density at radius 3 is 2.28 bits per heavy atom. The first-order chi connectivity index (χ1) is 14.0. The number of nitrogens with zero attached hydrogens (tertiary/aromatic N) is 2. The van der Waals surface area contributed by atoms with Crippen molar-refractivity contribution < 1.29 is 14.8 Å². The van der Waals surface area contributed by atoms with E-state index in [2.05, 4.69) is 10.5 Å². The van der Waals surface area contributed by atoms with E-state index in [1.807, 2.05) is 30.3 Å². The maximum Gasteiger partial charge on any atom is 0.276 e. The lowest BCUT2D eigenvalue weighted by Gasteiger charge is -2.05. The molecule has 0 heterocycles. The Morgan fingerprint density at radius 2 is 1.59 bits per heavy atom. The van der Waals surface area contributed by atoms with Crippen molar-refractivity contribution in [3.8, 4) is 5.75 Å². The molecule has 144 valence electrons. The summed E-state index contributed by atoms with van der Waals surface area (Å²) in [6.07, 6.45) is 3.19. The number of phenols is 1. The van der Waals surface area contributed by atoms with Crippen LogP contribution in [0, 0.1) is 10.1 Å². The molecule has 0 saturated carbocycles. The number of para-hydroxylation sites is 1. The van der Waals surface area contributed by atoms with Gasteiger partial charge in [-0.15, -0.1) is 0 Å². The van der Waals surface area contributed by atoms with E-state index in [4.69, 9.17) is 0 Å². The van der Waals surface area contributed by atoms with Gasteiger partial charge in [-0.3, -0.25) is 14.9 Å². The van der Waals surface area contributed by atoms with Crippen LogP contribution in [0.4, 0.5) is 5.69 Å². The van der Waals surface area contributed by atoms with Crippen LogP contribution in [0.3, 0.4) is 0 Å². The number of rotatable bonds is 6. The van der Waals surface area contributed by atoms with E-state index in [-0.39, 0.29) is 11.4 Å². The summed E-state index contributed by atoms with van der Waals surface area (Å²) >= 11 is 0. The predicted octanol–water partition coefficient (Wildman–Crippen LogP) is 4.15. The van der Waals surface area contributed by atoms with Crippen LogP contribution in [-0.4, -0.2) is 21.6 Å². The van der Waals surface area contributed by atoms with E-state index in [1.165, 1.54) is 30.3 Å². The Labute approximate surface area is 166 Å². The smallest absolute Gasteiger partial charge is 0.276 e. The standard InChI is InChI=1S/C22H17N3O4/c26-19-13-10-18(11-14-19)22(27)24-23-20(16-6-2-1-3-7-16)15-12-17-8-4-5-9-21(17)25(28)29/h1-15,26H,(H,24,27). The number of hydrazone groups is 1. The summed E-state index contributed by atoms with van der Waals surface area (Å²) in [7, 11) is 0. The average molecular weight is 387 g/mol. The molecule has 7 nitrogen and oxygen atoms in total. The molecule has 3 aromatic rings. The number of benzene rings is 3. The van der Waals surface area contributed by atoms with Crippen molar-refractivity contribution in [1.29, 1.82) is 0 Å². The Balaban J connectivity index is 1.89. The van der Waals surface area contributed by atoms with E-state index in [9.17, 15) is 20.0 Å². The number of nitrogens with one attached hydrogen (secondary N) is 1. The minimum Gasteiger partial charge on any atom is -0.508 e. The molecular weight excluding hydrogens is 370 g/mol. The lowest BCUT2D eigenvalue weighted by molar-refractivity contribution is -0.385. The van der Waals surface area contributed by atoms with Gasteiger partial charge in [0.05, 0.1) is 16.2 Å². The maximum atomic E-state index is 12.3. The third-order valence-electron chi connectivity index (χ3n) is 4.03. The summed E-state index contributed by atoms with van der Waals surface area (Å²) < 4.78 is 0. The third-order valence-corrected chi connectivity index (χ3v) is 4.03. The molecular formula is C22H17N3O4. The van der Waals surface area contributed by atoms with Crippen LogP contribution in [0.1, 0.15) is 21.5 Å². The van der Waals surface area contributed by atoms with Gasteiger partial charge < -0.3 is 5.11 Å². The summed E-state index contributed by atoms with van der Waals surface area (Å²) in [6.45, 7) is 0. The van der Waals surface area contributed by atoms with Crippen LogP contribution in [0.5, 0.6) is 5.75 Å². The van der Waals surface area contributed by atoms with Gasteiger partial charge in [0.1, 0.15) is 5.75 Å². The third kappa shape index (κ3) is 5.14. The molecule has 0 aromatic heterocycles. The summed E-state index contributed by atoms with van der Waals surface area (Å²) in [5.41, 5.74) is 4.36. The minimum absolute atomic E-state index is 0.0238. The number of phenolic OH excluding ortho intramolecular Hbond substituents is 1. The quantitative estimate of drug-likeness (QED) is 0.377. The van der Waals surface area contributed by atoms with Crippen LogP contribution < -0.4 is 5.43 Å². The number of nitro benzene ring substituents is 1. The molecule has 29 heavy (non-hydrogen) atoms. The fraction of sp³-hybridized carbons (Fsp3) is 0. The van der Waals surface area contributed by atoms with Crippen molar-refractivity contribution in [2.24, 2.45) is 5.10 Å². The zero-order chi connectivity index (χ0) is 20.6. The Kier molecular flexibility index (Phi) is 6.12. The van der Waals surface area contributed by atoms with Gasteiger partial charge in [0, 0.05) is 17.2 Å². The van der Waals surface area contributed by atoms with Gasteiger partial charge in [0.25, 0.3) is 11.6 Å². The highest BCUT2D eigenvalue weighted by atomic mass is 16.6. The number of hydrogen-bond donors (Lipinski definition) is 2. The molecule has 1 amide bonds. The molecule has 3 rings (SSSR count). The summed E-state index contributed by atoms with van der Waals surface area (Å²) in [6, 6.07) is 21.3. The lowest BCUT2D eigenvalue weighted by Crippen LogP contribution is -2.19. The fourth-order valence-electron chi connectivity index (χ4n) is 2.56. The van der Waals surface area contributed by atoms with Crippen molar-refractivity contribution in [2.45, 2.75) is 0 Å². The molecule has 0 aliphatic rings. The molecule has 0 saturated heterocycles. The lowest BCUT2D eigenvalue weighted by atomic mass is 10.1. The van der Waals surface area contributed by atoms with E-state index in [0.29, 0.717) is 16.8 Å². The van der Waals surface area contributed by atoms with Crippen molar-refractivity contribution in [3.05, 3.63) is 112 Å². The van der Waals surface area contributed by atoms with Gasteiger partial charge in [-0.05, 0) is 42.5 Å². The van der Waals surface area contributed by atoms with Gasteiger partial charge in [0.2, 0.25) is 0 Å². The van der Waals surface area contributed by atoms with Gasteiger partial charge in [-0.1, -0.05) is 42.5 Å². The molecule has 7 heteroatoms. The number of amides is 1. The number of carbonyl (C=O) groups excluding carboxylic acids is 1. The molecule has 0 aliphatic heterocycles. The highest BCUT2D eigenvalue weighted by molar-refractivity contribution is 6.11. The number of aromatic hydroxyl groups is 1. The van der Waals surface area contributed by atoms with E-state index in [1.54, 1.807) is 30.4 Å². The van der Waals surface area contributed by atoms with E-state index >= 15 is 0 Å². The van der Waals surface area contributed by atoms with Gasteiger partial charge in [-0.2, -0.15) is 5.10 Å². The molecule has 0 unspecified atom stereocenters. The van der Waals surface area contributed by atoms with Crippen LogP contribution in [-0.2, 0) is 0 Å². The summed E-state index contributed by atoms with van der Waals surface area (Å²) in [5, 5.41) is 24.7. The van der Waals surface area contributed by atoms with Crippen LogP contribution in [0.2, 0.25) is 0 Å². The fourth-order valence-corrected chi connectivity index (χ4v) is 2.56. The van der Waals surface area contributed by atoms with Crippen molar-refractivity contribution >= 4 is 23.4 Å². The van der Waals surface area contributed by atoms with Crippen LogP contribution in [0.25, 0.3) is 6.08 Å². The SMILES string of the molecule is O=C(NN=C(C=Cc1ccccc1[N+](=O)[O-])c1ccccc1)c1ccc(O)cc1. The van der Waals surface area contributed by atoms with E-state index < -0.39 is 10.8 Å². The molecule has 0 aliphatic carbocycles. The minimum atomic E-state index is -0.453. The van der Waals surface area contributed by atoms with Crippen LogP contribution >= 0.6 is 0 Å². The van der Waals surface area contributed by atoms with Crippen molar-refractivity contribution in [2.75, 3.05) is 0 Å². The summed E-state index contributed by atoms with van der Waals surface area (Å²) in [5.74, 6) is -0.389. The molecule has 0 bridgehead atoms. The second kappa shape index (κ2) is 9.09. The molecule has 3 aromatic carbocycles. The first-order valence-electron chi connectivity index (χ1n) is 8.68.